The molecule has 0 saturated heterocycles. The van der Waals surface area contributed by atoms with E-state index in [0.29, 0.717) is 6.61 Å². The lowest BCUT2D eigenvalue weighted by Gasteiger charge is -2.22. The minimum absolute atomic E-state index is 0.593. The number of nitrogens with zero attached hydrogens (tertiary/aromatic N) is 3. The lowest BCUT2D eigenvalue weighted by molar-refractivity contribution is 0.248. The average molecular weight is 259 g/mol. The van der Waals surface area contributed by atoms with Gasteiger partial charge in [-0.05, 0) is 32.1 Å². The molecule has 0 amide bonds. The predicted octanol–water partition coefficient (Wildman–Crippen LogP) is 2.90. The zero-order chi connectivity index (χ0) is 13.9. The van der Waals surface area contributed by atoms with E-state index in [1.54, 1.807) is 18.6 Å². The van der Waals surface area contributed by atoms with Crippen LogP contribution < -0.4 is 4.74 Å². The van der Waals surface area contributed by atoms with Crippen molar-refractivity contribution in [3.8, 4) is 5.75 Å². The van der Waals surface area contributed by atoms with Crippen molar-refractivity contribution in [2.75, 3.05) is 19.7 Å². The monoisotopic (exact) mass is 259 g/mol. The average Bonchev–Trinajstić information content (AvgIpc) is 2.45. The molecule has 0 bridgehead atoms. The van der Waals surface area contributed by atoms with Gasteiger partial charge in [0, 0.05) is 25.2 Å². The van der Waals surface area contributed by atoms with Crippen LogP contribution in [0, 0.1) is 0 Å². The molecular formula is C15H21N3O. The van der Waals surface area contributed by atoms with Crippen LogP contribution in [0.2, 0.25) is 0 Å². The molecule has 0 aromatic carbocycles. The number of likely N-dealkylation sites (N-methyl/N-ethyl adjacent to an activating group) is 1. The Hall–Kier alpha value is -2.10. The van der Waals surface area contributed by atoms with Crippen LogP contribution >= 0.6 is 0 Å². The van der Waals surface area contributed by atoms with Crippen LogP contribution in [-0.2, 0) is 0 Å². The summed E-state index contributed by atoms with van der Waals surface area (Å²) in [6.45, 7) is 10.2. The molecule has 0 radical (unpaired) electrons. The quantitative estimate of drug-likeness (QED) is 0.674. The molecule has 0 N–H and O–H groups in total. The molecule has 0 aliphatic heterocycles. The van der Waals surface area contributed by atoms with Crippen molar-refractivity contribution in [1.29, 1.82) is 0 Å². The number of aromatic nitrogens is 1. The van der Waals surface area contributed by atoms with Gasteiger partial charge in [-0.3, -0.25) is 4.98 Å². The first-order chi connectivity index (χ1) is 9.27. The van der Waals surface area contributed by atoms with Crippen LogP contribution in [0.1, 0.15) is 13.8 Å². The number of ether oxygens (including phenoxy) is 1. The second-order valence-electron chi connectivity index (χ2n) is 3.83. The highest BCUT2D eigenvalue weighted by molar-refractivity contribution is 5.71. The summed E-state index contributed by atoms with van der Waals surface area (Å²) in [7, 11) is 0. The summed E-state index contributed by atoms with van der Waals surface area (Å²) < 4.78 is 5.63. The van der Waals surface area contributed by atoms with Gasteiger partial charge >= 0.3 is 0 Å². The van der Waals surface area contributed by atoms with E-state index in [9.17, 15) is 0 Å². The topological polar surface area (TPSA) is 37.7 Å². The summed E-state index contributed by atoms with van der Waals surface area (Å²) in [6, 6.07) is 3.69. The lowest BCUT2D eigenvalue weighted by Crippen LogP contribution is -2.26. The fourth-order valence-corrected chi connectivity index (χ4v) is 1.47. The number of rotatable bonds is 8. The van der Waals surface area contributed by atoms with Crippen LogP contribution in [0.3, 0.4) is 0 Å². The predicted molar refractivity (Wildman–Crippen MR) is 79.4 cm³/mol. The minimum Gasteiger partial charge on any atom is -0.492 e. The highest BCUT2D eigenvalue weighted by Crippen LogP contribution is 2.08. The van der Waals surface area contributed by atoms with E-state index >= 15 is 0 Å². The maximum absolute atomic E-state index is 5.63. The normalized spacial score (nSPS) is 11.1. The molecule has 102 valence electrons. The third-order valence-electron chi connectivity index (χ3n) is 2.53. The molecule has 0 aliphatic rings. The molecule has 0 spiro atoms. The van der Waals surface area contributed by atoms with Crippen LogP contribution in [0.5, 0.6) is 5.75 Å². The second-order valence-corrected chi connectivity index (χ2v) is 3.83. The first kappa shape index (κ1) is 15.0. The Morgan fingerprint density at radius 2 is 2.21 bits per heavy atom. The number of aliphatic imine (C=N–C) groups is 1. The zero-order valence-electron chi connectivity index (χ0n) is 11.6. The zero-order valence-corrected chi connectivity index (χ0v) is 11.6. The maximum Gasteiger partial charge on any atom is 0.122 e. The van der Waals surface area contributed by atoms with E-state index in [1.165, 1.54) is 0 Å². The second kappa shape index (κ2) is 8.91. The van der Waals surface area contributed by atoms with Crippen molar-refractivity contribution in [3.05, 3.63) is 49.1 Å². The summed E-state index contributed by atoms with van der Waals surface area (Å²) in [5, 5.41) is 0. The third-order valence-corrected chi connectivity index (χ3v) is 2.53. The highest BCUT2D eigenvalue weighted by Gasteiger charge is 2.03. The molecule has 19 heavy (non-hydrogen) atoms. The Balaban J connectivity index is 2.38. The molecule has 4 heteroatoms. The van der Waals surface area contributed by atoms with Crippen molar-refractivity contribution in [1.82, 2.24) is 9.88 Å². The molecule has 0 unspecified atom stereocenters. The fourth-order valence-electron chi connectivity index (χ4n) is 1.47. The maximum atomic E-state index is 5.63. The van der Waals surface area contributed by atoms with E-state index in [0.717, 1.165) is 24.7 Å². The van der Waals surface area contributed by atoms with Gasteiger partial charge in [-0.25, -0.2) is 4.99 Å². The molecule has 1 rings (SSSR count). The smallest absolute Gasteiger partial charge is 0.122 e. The Morgan fingerprint density at radius 1 is 1.47 bits per heavy atom. The van der Waals surface area contributed by atoms with Crippen molar-refractivity contribution in [3.63, 3.8) is 0 Å². The van der Waals surface area contributed by atoms with E-state index in [4.69, 9.17) is 4.74 Å². The fraction of sp³-hybridized carbons (Fsp3) is 0.333. The highest BCUT2D eigenvalue weighted by atomic mass is 16.5. The van der Waals surface area contributed by atoms with Crippen molar-refractivity contribution < 1.29 is 4.74 Å². The Bertz CT molecular complexity index is 426. The van der Waals surface area contributed by atoms with Gasteiger partial charge in [-0.2, -0.15) is 0 Å². The van der Waals surface area contributed by atoms with Gasteiger partial charge in [0.1, 0.15) is 18.2 Å². The standard InChI is InChI=1S/C15H21N3O/c1-4-6-9-17-14(3)18(5-2)12-13-19-15-7-10-16-11-8-15/h4,6-11H,3,5,12-13H2,1-2H3/b6-4-,17-9?. The molecule has 0 fully saturated rings. The molecule has 0 aliphatic carbocycles. The van der Waals surface area contributed by atoms with Gasteiger partial charge in [0.05, 0.1) is 6.54 Å². The van der Waals surface area contributed by atoms with Gasteiger partial charge in [-0.15, -0.1) is 0 Å². The van der Waals surface area contributed by atoms with Crippen LogP contribution in [0.15, 0.2) is 54.1 Å². The van der Waals surface area contributed by atoms with Gasteiger partial charge in [0.15, 0.2) is 0 Å². The summed E-state index contributed by atoms with van der Waals surface area (Å²) in [4.78, 5) is 10.3. The summed E-state index contributed by atoms with van der Waals surface area (Å²) in [5.41, 5.74) is 0. The molecule has 1 aromatic rings. The summed E-state index contributed by atoms with van der Waals surface area (Å²) in [6.07, 6.45) is 8.99. The van der Waals surface area contributed by atoms with Crippen molar-refractivity contribution >= 4 is 6.21 Å². The first-order valence-corrected chi connectivity index (χ1v) is 6.40. The molecule has 0 saturated carbocycles. The number of hydrogen-bond donors (Lipinski definition) is 0. The molecule has 1 aromatic heterocycles. The SMILES string of the molecule is C=C(N=C/C=C\C)N(CC)CCOc1ccncc1. The van der Waals surface area contributed by atoms with Crippen LogP contribution in [0.4, 0.5) is 0 Å². The Labute approximate surface area is 115 Å². The Kier molecular flexibility index (Phi) is 7.02. The van der Waals surface area contributed by atoms with Gasteiger partial charge in [0.2, 0.25) is 0 Å². The number of allylic oxidation sites excluding steroid dienone is 2. The van der Waals surface area contributed by atoms with E-state index in [-0.39, 0.29) is 0 Å². The molecular weight excluding hydrogens is 238 g/mol. The number of pyridine rings is 1. The molecule has 1 heterocycles. The van der Waals surface area contributed by atoms with E-state index < -0.39 is 0 Å². The van der Waals surface area contributed by atoms with Crippen molar-refractivity contribution in [2.45, 2.75) is 13.8 Å². The Morgan fingerprint density at radius 3 is 2.84 bits per heavy atom. The molecule has 4 nitrogen and oxygen atoms in total. The molecule has 0 atom stereocenters. The minimum atomic E-state index is 0.593. The van der Waals surface area contributed by atoms with Gasteiger partial charge in [-0.1, -0.05) is 12.7 Å². The summed E-state index contributed by atoms with van der Waals surface area (Å²) in [5.74, 6) is 1.58. The lowest BCUT2D eigenvalue weighted by atomic mass is 10.4. The van der Waals surface area contributed by atoms with Gasteiger partial charge in [0.25, 0.3) is 0 Å². The van der Waals surface area contributed by atoms with Crippen molar-refractivity contribution in [2.24, 2.45) is 4.99 Å². The van der Waals surface area contributed by atoms with Crippen LogP contribution in [0.25, 0.3) is 0 Å². The van der Waals surface area contributed by atoms with E-state index in [1.807, 2.05) is 31.2 Å². The van der Waals surface area contributed by atoms with E-state index in [2.05, 4.69) is 28.4 Å². The van der Waals surface area contributed by atoms with Crippen LogP contribution in [-0.4, -0.2) is 35.8 Å². The summed E-state index contributed by atoms with van der Waals surface area (Å²) >= 11 is 0. The first-order valence-electron chi connectivity index (χ1n) is 6.40. The van der Waals surface area contributed by atoms with Gasteiger partial charge < -0.3 is 9.64 Å². The largest absolute Gasteiger partial charge is 0.492 e. The number of hydrogen-bond acceptors (Lipinski definition) is 4. The third kappa shape index (κ3) is 5.86.